The second-order valence-corrected chi connectivity index (χ2v) is 11.2. The summed E-state index contributed by atoms with van der Waals surface area (Å²) in [6.45, 7) is 13.0. The number of carbonyl (C=O) groups is 1. The molecule has 1 aliphatic rings. The van der Waals surface area contributed by atoms with Crippen molar-refractivity contribution in [1.29, 1.82) is 0 Å². The van der Waals surface area contributed by atoms with Crippen LogP contribution in [0.4, 0.5) is 0 Å². The largest absolute Gasteiger partial charge is 0.465 e. The van der Waals surface area contributed by atoms with Crippen molar-refractivity contribution in [2.24, 2.45) is 5.92 Å². The van der Waals surface area contributed by atoms with Crippen molar-refractivity contribution < 1.29 is 19.5 Å². The van der Waals surface area contributed by atoms with Crippen molar-refractivity contribution >= 4 is 17.1 Å². The zero-order chi connectivity index (χ0) is 29.6. The Morgan fingerprint density at radius 3 is 2.56 bits per heavy atom. The van der Waals surface area contributed by atoms with Gasteiger partial charge in [-0.05, 0) is 44.6 Å². The highest BCUT2D eigenvalue weighted by molar-refractivity contribution is 5.70. The molecule has 0 spiro atoms. The first kappa shape index (κ1) is 32.5. The number of H-pyrrole nitrogens is 1. The lowest BCUT2D eigenvalue weighted by molar-refractivity contribution is -0.145. The number of aryl methyl sites for hydroxylation is 1. The minimum absolute atomic E-state index is 0.0928. The number of unbranched alkanes of at least 4 members (excludes halogenated alkanes) is 9. The van der Waals surface area contributed by atoms with Gasteiger partial charge in [0.2, 0.25) is 0 Å². The maximum absolute atomic E-state index is 12.3. The first-order chi connectivity index (χ1) is 19.8. The highest BCUT2D eigenvalue weighted by Gasteiger charge is 2.39. The number of fused-ring (bicyclic) bond motifs is 1. The van der Waals surface area contributed by atoms with Crippen LogP contribution >= 0.6 is 0 Å². The molecule has 2 aromatic heterocycles. The molecule has 0 radical (unpaired) electrons. The summed E-state index contributed by atoms with van der Waals surface area (Å²) in [5.41, 5.74) is 5.06. The summed E-state index contributed by atoms with van der Waals surface area (Å²) in [4.78, 5) is 41.3. The average molecular weight is 572 g/mol. The highest BCUT2D eigenvalue weighted by atomic mass is 16.6. The van der Waals surface area contributed by atoms with Crippen molar-refractivity contribution in [3.8, 4) is 0 Å². The van der Waals surface area contributed by atoms with E-state index in [9.17, 15) is 14.7 Å². The number of nitrogens with one attached hydrogen (secondary N) is 2. The van der Waals surface area contributed by atoms with E-state index in [4.69, 9.17) is 9.57 Å². The molecule has 3 rings (SSSR count). The molecule has 10 nitrogen and oxygen atoms in total. The Morgan fingerprint density at radius 1 is 1.12 bits per heavy atom. The molecule has 0 unspecified atom stereocenters. The molecule has 0 aromatic carbocycles. The molecular weight excluding hydrogens is 522 g/mol. The van der Waals surface area contributed by atoms with E-state index < -0.39 is 6.10 Å². The number of hydrogen-bond acceptors (Lipinski definition) is 8. The topological polar surface area (TPSA) is 131 Å². The predicted octanol–water partition coefficient (Wildman–Crippen LogP) is 5.58. The first-order valence-corrected chi connectivity index (χ1v) is 15.3. The van der Waals surface area contributed by atoms with Gasteiger partial charge in [-0.2, -0.15) is 0 Å². The number of allylic oxidation sites excluding steroid dienone is 1. The normalized spacial score (nSPS) is 18.7. The van der Waals surface area contributed by atoms with Gasteiger partial charge < -0.3 is 19.4 Å². The third-order valence-corrected chi connectivity index (χ3v) is 7.82. The molecule has 3 atom stereocenters. The molecule has 0 amide bonds. The van der Waals surface area contributed by atoms with Gasteiger partial charge in [-0.25, -0.2) is 9.97 Å². The van der Waals surface area contributed by atoms with Crippen molar-refractivity contribution in [3.63, 3.8) is 0 Å². The van der Waals surface area contributed by atoms with E-state index in [1.54, 1.807) is 17.8 Å². The maximum Gasteiger partial charge on any atom is 0.305 e. The summed E-state index contributed by atoms with van der Waals surface area (Å²) in [6.07, 6.45) is 14.8. The highest BCUT2D eigenvalue weighted by Crippen LogP contribution is 2.40. The van der Waals surface area contributed by atoms with Crippen LogP contribution < -0.4 is 11.0 Å². The zero-order valence-electron chi connectivity index (χ0n) is 25.0. The van der Waals surface area contributed by atoms with Gasteiger partial charge in [-0.15, -0.1) is 0 Å². The van der Waals surface area contributed by atoms with Gasteiger partial charge in [-0.1, -0.05) is 71.4 Å². The van der Waals surface area contributed by atoms with Gasteiger partial charge in [0.05, 0.1) is 25.1 Å². The summed E-state index contributed by atoms with van der Waals surface area (Å²) in [6, 6.07) is -0.270. The molecule has 0 aliphatic heterocycles. The van der Waals surface area contributed by atoms with Gasteiger partial charge in [0.1, 0.15) is 12.4 Å². The van der Waals surface area contributed by atoms with Crippen molar-refractivity contribution in [2.75, 3.05) is 13.2 Å². The molecule has 10 heteroatoms. The number of aliphatic hydroxyl groups is 1. The van der Waals surface area contributed by atoms with Crippen molar-refractivity contribution in [1.82, 2.24) is 25.0 Å². The van der Waals surface area contributed by atoms with Crippen LogP contribution in [0.5, 0.6) is 0 Å². The lowest BCUT2D eigenvalue weighted by Crippen LogP contribution is -2.22. The number of ether oxygens (including phenoxy) is 1. The summed E-state index contributed by atoms with van der Waals surface area (Å²) in [5.74, 6) is -0.130. The minimum atomic E-state index is -0.700. The van der Waals surface area contributed by atoms with E-state index >= 15 is 0 Å². The second-order valence-electron chi connectivity index (χ2n) is 11.2. The fourth-order valence-corrected chi connectivity index (χ4v) is 5.36. The van der Waals surface area contributed by atoms with Crippen LogP contribution in [0.2, 0.25) is 0 Å². The predicted molar refractivity (Wildman–Crippen MR) is 160 cm³/mol. The SMILES string of the molecule is C=C(CCCCCCCCC(=O)OC[C@H]1C(=C)[C@@H](n2cnc3c(=O)[nH]c(C)nc32)C[C@@H]1O)NOCCCCCCC. The molecule has 41 heavy (non-hydrogen) atoms. The number of carbonyl (C=O) groups excluding carboxylic acids is 1. The summed E-state index contributed by atoms with van der Waals surface area (Å²) in [7, 11) is 0. The van der Waals surface area contributed by atoms with E-state index in [1.807, 2.05) is 0 Å². The van der Waals surface area contributed by atoms with Crippen LogP contribution in [0.1, 0.15) is 109 Å². The van der Waals surface area contributed by atoms with Crippen LogP contribution in [0.3, 0.4) is 0 Å². The molecule has 0 saturated heterocycles. The Bertz CT molecular complexity index is 1190. The molecule has 2 heterocycles. The van der Waals surface area contributed by atoms with Crippen LogP contribution in [-0.4, -0.2) is 49.9 Å². The fraction of sp³-hybridized carbons (Fsp3) is 0.677. The van der Waals surface area contributed by atoms with E-state index in [-0.39, 0.29) is 35.6 Å². The van der Waals surface area contributed by atoms with Gasteiger partial charge in [0.25, 0.3) is 5.56 Å². The van der Waals surface area contributed by atoms with Crippen LogP contribution in [0.15, 0.2) is 35.5 Å². The third-order valence-electron chi connectivity index (χ3n) is 7.82. The lowest BCUT2D eigenvalue weighted by atomic mass is 10.0. The number of hydrogen-bond donors (Lipinski definition) is 3. The van der Waals surface area contributed by atoms with Crippen molar-refractivity contribution in [2.45, 2.75) is 116 Å². The van der Waals surface area contributed by atoms with E-state index in [0.717, 1.165) is 69.2 Å². The van der Waals surface area contributed by atoms with Gasteiger partial charge >= 0.3 is 5.97 Å². The van der Waals surface area contributed by atoms with Gasteiger partial charge in [0.15, 0.2) is 11.2 Å². The van der Waals surface area contributed by atoms with E-state index in [1.165, 1.54) is 25.7 Å². The van der Waals surface area contributed by atoms with Gasteiger partial charge in [-0.3, -0.25) is 19.9 Å². The Hall–Kier alpha value is -2.98. The number of rotatable bonds is 20. The smallest absolute Gasteiger partial charge is 0.305 e. The molecule has 2 aromatic rings. The van der Waals surface area contributed by atoms with E-state index in [0.29, 0.717) is 24.3 Å². The Balaban J connectivity index is 1.24. The monoisotopic (exact) mass is 571 g/mol. The standard InChI is InChI=1S/C31H49N5O5/c1-5-6-7-12-15-18-41-35-22(2)16-13-10-8-9-11-14-17-28(38)40-20-25-23(3)26(19-27(25)37)36-21-32-29-30(36)33-24(4)34-31(29)39/h21,25-27,35,37H,2-3,5-20H2,1,4H3,(H,33,34,39)/t25-,26-,27-/m0/s1. The zero-order valence-corrected chi connectivity index (χ0v) is 25.0. The number of aromatic nitrogens is 4. The van der Waals surface area contributed by atoms with Crippen LogP contribution in [0, 0.1) is 12.8 Å². The number of esters is 1. The van der Waals surface area contributed by atoms with E-state index in [2.05, 4.69) is 40.5 Å². The Morgan fingerprint density at radius 2 is 1.80 bits per heavy atom. The molecule has 228 valence electrons. The first-order valence-electron chi connectivity index (χ1n) is 15.3. The van der Waals surface area contributed by atoms with Gasteiger partial charge in [0, 0.05) is 18.0 Å². The Labute approximate surface area is 243 Å². The fourth-order valence-electron chi connectivity index (χ4n) is 5.36. The number of aromatic amines is 1. The third kappa shape index (κ3) is 10.1. The quantitative estimate of drug-likeness (QED) is 0.0813. The average Bonchev–Trinajstić information content (AvgIpc) is 3.48. The summed E-state index contributed by atoms with van der Waals surface area (Å²) >= 11 is 0. The molecular formula is C31H49N5O5. The Kier molecular flexibility index (Phi) is 13.6. The maximum atomic E-state index is 12.3. The minimum Gasteiger partial charge on any atom is -0.465 e. The number of hydroxylamine groups is 1. The number of imidazole rings is 1. The molecule has 1 aliphatic carbocycles. The number of aliphatic hydroxyl groups excluding tert-OH is 1. The summed E-state index contributed by atoms with van der Waals surface area (Å²) in [5, 5.41) is 10.7. The second kappa shape index (κ2) is 17.1. The molecule has 3 N–H and O–H groups in total. The molecule has 1 saturated carbocycles. The molecule has 1 fully saturated rings. The summed E-state index contributed by atoms with van der Waals surface area (Å²) < 4.78 is 7.29. The number of nitrogens with zero attached hydrogens (tertiary/aromatic N) is 3. The lowest BCUT2D eigenvalue weighted by Gasteiger charge is -2.17. The molecule has 0 bridgehead atoms. The van der Waals surface area contributed by atoms with Crippen LogP contribution in [-0.2, 0) is 14.4 Å². The van der Waals surface area contributed by atoms with Crippen molar-refractivity contribution in [3.05, 3.63) is 46.9 Å². The van der Waals surface area contributed by atoms with Crippen LogP contribution in [0.25, 0.3) is 11.2 Å².